The van der Waals surface area contributed by atoms with Gasteiger partial charge in [-0.05, 0) is 42.0 Å². The predicted molar refractivity (Wildman–Crippen MR) is 119 cm³/mol. The van der Waals surface area contributed by atoms with Gasteiger partial charge in [-0.2, -0.15) is 0 Å². The fourth-order valence-electron chi connectivity index (χ4n) is 4.58. The molecule has 2 aliphatic rings. The maximum atomic E-state index is 13.2. The van der Waals surface area contributed by atoms with Gasteiger partial charge in [0.2, 0.25) is 0 Å². The third-order valence-corrected chi connectivity index (χ3v) is 5.97. The zero-order valence-corrected chi connectivity index (χ0v) is 18.3. The number of allylic oxidation sites excluding steroid dienone is 3. The number of dihydropyridines is 1. The fourth-order valence-corrected chi connectivity index (χ4v) is 4.58. The molecular weight excluding hydrogens is 388 g/mol. The smallest absolute Gasteiger partial charge is 0.336 e. The first-order valence-corrected chi connectivity index (χ1v) is 10.7. The molecule has 1 atom stereocenters. The molecule has 1 aromatic carbocycles. The van der Waals surface area contributed by atoms with Gasteiger partial charge in [-0.3, -0.25) is 9.78 Å². The monoisotopic (exact) mass is 416 g/mol. The van der Waals surface area contributed by atoms with Gasteiger partial charge in [0.1, 0.15) is 0 Å². The minimum absolute atomic E-state index is 0.0858. The van der Waals surface area contributed by atoms with E-state index in [0.29, 0.717) is 24.0 Å². The van der Waals surface area contributed by atoms with Crippen LogP contribution >= 0.6 is 0 Å². The summed E-state index contributed by atoms with van der Waals surface area (Å²) in [6, 6.07) is 13.7. The van der Waals surface area contributed by atoms with Gasteiger partial charge in [0.15, 0.2) is 5.78 Å². The number of pyridine rings is 1. The first-order valence-electron chi connectivity index (χ1n) is 10.7. The summed E-state index contributed by atoms with van der Waals surface area (Å²) in [7, 11) is 0. The molecule has 0 radical (unpaired) electrons. The van der Waals surface area contributed by atoms with Crippen LogP contribution in [-0.2, 0) is 20.7 Å². The molecule has 1 aromatic heterocycles. The van der Waals surface area contributed by atoms with Crippen molar-refractivity contribution in [2.45, 2.75) is 46.0 Å². The van der Waals surface area contributed by atoms with Gasteiger partial charge in [0, 0.05) is 48.1 Å². The maximum Gasteiger partial charge on any atom is 0.336 e. The van der Waals surface area contributed by atoms with E-state index in [1.807, 2.05) is 49.4 Å². The number of nitrogens with one attached hydrogen (secondary N) is 1. The van der Waals surface area contributed by atoms with Crippen LogP contribution in [0, 0.1) is 5.41 Å². The van der Waals surface area contributed by atoms with Crippen molar-refractivity contribution in [1.29, 1.82) is 0 Å². The van der Waals surface area contributed by atoms with Gasteiger partial charge in [0.05, 0.1) is 12.2 Å². The number of esters is 1. The summed E-state index contributed by atoms with van der Waals surface area (Å²) in [6.07, 6.45) is 5.27. The predicted octanol–water partition coefficient (Wildman–Crippen LogP) is 4.47. The summed E-state index contributed by atoms with van der Waals surface area (Å²) in [4.78, 5) is 30.5. The van der Waals surface area contributed by atoms with Crippen LogP contribution in [0.2, 0.25) is 0 Å². The highest BCUT2D eigenvalue weighted by atomic mass is 16.5. The van der Waals surface area contributed by atoms with Crippen molar-refractivity contribution >= 4 is 11.8 Å². The highest BCUT2D eigenvalue weighted by Gasteiger charge is 2.43. The van der Waals surface area contributed by atoms with Crippen LogP contribution < -0.4 is 5.32 Å². The molecule has 5 nitrogen and oxygen atoms in total. The maximum absolute atomic E-state index is 13.2. The molecule has 1 N–H and O–H groups in total. The molecule has 160 valence electrons. The molecule has 0 bridgehead atoms. The van der Waals surface area contributed by atoms with E-state index in [1.165, 1.54) is 0 Å². The van der Waals surface area contributed by atoms with Crippen molar-refractivity contribution in [2.24, 2.45) is 5.41 Å². The molecule has 1 unspecified atom stereocenters. The summed E-state index contributed by atoms with van der Waals surface area (Å²) in [5.74, 6) is -0.735. The van der Waals surface area contributed by atoms with E-state index in [2.05, 4.69) is 24.1 Å². The summed E-state index contributed by atoms with van der Waals surface area (Å²) in [5, 5.41) is 3.37. The van der Waals surface area contributed by atoms with Gasteiger partial charge in [-0.15, -0.1) is 0 Å². The topological polar surface area (TPSA) is 68.3 Å². The Morgan fingerprint density at radius 1 is 1.13 bits per heavy atom. The first-order chi connectivity index (χ1) is 14.9. The number of ether oxygens (including phenoxy) is 1. The van der Waals surface area contributed by atoms with Crippen molar-refractivity contribution in [1.82, 2.24) is 10.3 Å². The number of ketones is 1. The molecule has 0 saturated carbocycles. The standard InChI is InChI=1S/C26H28N2O3/c1-17-22(25(30)31-14-11-18-7-5-4-6-8-18)23(19-9-12-27-13-10-19)24-20(28-17)15-26(2,3)16-21(24)29/h4-10,12-13,23,28H,11,14-16H2,1-3H3. The van der Waals surface area contributed by atoms with Gasteiger partial charge in [-0.1, -0.05) is 44.2 Å². The Labute approximate surface area is 183 Å². The lowest BCUT2D eigenvalue weighted by Crippen LogP contribution is -2.38. The van der Waals surface area contributed by atoms with Crippen molar-refractivity contribution in [2.75, 3.05) is 6.61 Å². The van der Waals surface area contributed by atoms with Crippen LogP contribution in [0.25, 0.3) is 0 Å². The Morgan fingerprint density at radius 3 is 2.55 bits per heavy atom. The molecule has 2 heterocycles. The molecule has 4 rings (SSSR count). The van der Waals surface area contributed by atoms with Crippen LogP contribution in [0.5, 0.6) is 0 Å². The lowest BCUT2D eigenvalue weighted by atomic mass is 9.68. The molecule has 1 aliphatic heterocycles. The third-order valence-electron chi connectivity index (χ3n) is 5.97. The second-order valence-electron chi connectivity index (χ2n) is 9.08. The SMILES string of the molecule is CC1=C(C(=O)OCCc2ccccc2)C(c2ccncc2)C2=C(CC(C)(C)CC2=O)N1. The van der Waals surface area contributed by atoms with E-state index in [0.717, 1.165) is 28.9 Å². The Morgan fingerprint density at radius 2 is 1.84 bits per heavy atom. The Kier molecular flexibility index (Phi) is 5.77. The summed E-state index contributed by atoms with van der Waals surface area (Å²) in [6.45, 7) is 6.38. The molecular formula is C26H28N2O3. The quantitative estimate of drug-likeness (QED) is 0.729. The zero-order chi connectivity index (χ0) is 22.0. The second kappa shape index (κ2) is 8.50. The van der Waals surface area contributed by atoms with Crippen LogP contribution in [0.3, 0.4) is 0 Å². The number of aromatic nitrogens is 1. The van der Waals surface area contributed by atoms with E-state index in [9.17, 15) is 9.59 Å². The summed E-state index contributed by atoms with van der Waals surface area (Å²) in [5.41, 5.74) is 4.74. The molecule has 0 spiro atoms. The van der Waals surface area contributed by atoms with Crippen LogP contribution in [0.4, 0.5) is 0 Å². The van der Waals surface area contributed by atoms with Gasteiger partial charge in [-0.25, -0.2) is 4.79 Å². The minimum Gasteiger partial charge on any atom is -0.462 e. The Balaban J connectivity index is 1.64. The van der Waals surface area contributed by atoms with E-state index in [1.54, 1.807) is 12.4 Å². The fraction of sp³-hybridized carbons (Fsp3) is 0.346. The van der Waals surface area contributed by atoms with Crippen molar-refractivity contribution < 1.29 is 14.3 Å². The van der Waals surface area contributed by atoms with E-state index in [4.69, 9.17) is 4.74 Å². The number of hydrogen-bond acceptors (Lipinski definition) is 5. The normalized spacial score (nSPS) is 20.2. The molecule has 1 aliphatic carbocycles. The molecule has 0 amide bonds. The van der Waals surface area contributed by atoms with Crippen molar-refractivity contribution in [3.8, 4) is 0 Å². The zero-order valence-electron chi connectivity index (χ0n) is 18.3. The van der Waals surface area contributed by atoms with Gasteiger partial charge < -0.3 is 10.1 Å². The lowest BCUT2D eigenvalue weighted by Gasteiger charge is -2.39. The number of carbonyl (C=O) groups excluding carboxylic acids is 2. The largest absolute Gasteiger partial charge is 0.462 e. The van der Waals surface area contributed by atoms with E-state index >= 15 is 0 Å². The molecule has 0 saturated heterocycles. The number of benzene rings is 1. The van der Waals surface area contributed by atoms with Gasteiger partial charge in [0.25, 0.3) is 0 Å². The van der Waals surface area contributed by atoms with Crippen LogP contribution in [-0.4, -0.2) is 23.3 Å². The van der Waals surface area contributed by atoms with Crippen molar-refractivity contribution in [3.63, 3.8) is 0 Å². The number of hydrogen-bond donors (Lipinski definition) is 1. The molecule has 31 heavy (non-hydrogen) atoms. The molecule has 5 heteroatoms. The molecule has 2 aromatic rings. The number of carbonyl (C=O) groups is 2. The summed E-state index contributed by atoms with van der Waals surface area (Å²) >= 11 is 0. The van der Waals surface area contributed by atoms with Crippen LogP contribution in [0.15, 0.2) is 77.4 Å². The number of Topliss-reactive ketones (excluding diaryl/α,β-unsaturated/α-hetero) is 1. The second-order valence-corrected chi connectivity index (χ2v) is 9.08. The minimum atomic E-state index is -0.438. The average molecular weight is 417 g/mol. The first kappa shape index (κ1) is 21.0. The summed E-state index contributed by atoms with van der Waals surface area (Å²) < 4.78 is 5.68. The average Bonchev–Trinajstić information content (AvgIpc) is 2.73. The number of rotatable bonds is 5. The van der Waals surface area contributed by atoms with Crippen molar-refractivity contribution in [3.05, 3.63) is 88.5 Å². The third kappa shape index (κ3) is 4.46. The Bertz CT molecular complexity index is 1050. The Hall–Kier alpha value is -3.21. The highest BCUT2D eigenvalue weighted by molar-refractivity contribution is 6.04. The van der Waals surface area contributed by atoms with Crippen LogP contribution in [0.1, 0.15) is 50.7 Å². The van der Waals surface area contributed by atoms with E-state index < -0.39 is 5.92 Å². The number of nitrogens with zero attached hydrogens (tertiary/aromatic N) is 1. The molecule has 0 fully saturated rings. The lowest BCUT2D eigenvalue weighted by molar-refractivity contribution is -0.139. The van der Waals surface area contributed by atoms with Gasteiger partial charge >= 0.3 is 5.97 Å². The van der Waals surface area contributed by atoms with E-state index in [-0.39, 0.29) is 23.8 Å². The highest BCUT2D eigenvalue weighted by Crippen LogP contribution is 2.46.